The van der Waals surface area contributed by atoms with Crippen LogP contribution < -0.4 is 0 Å². The average molecular weight is 597 g/mol. The van der Waals surface area contributed by atoms with Crippen LogP contribution in [0.5, 0.6) is 0 Å². The second-order valence-corrected chi connectivity index (χ2v) is 15.9. The summed E-state index contributed by atoms with van der Waals surface area (Å²) in [7, 11) is -0.917. The molecule has 4 rings (SSSR count). The van der Waals surface area contributed by atoms with Gasteiger partial charge in [0.05, 0.1) is 0 Å². The van der Waals surface area contributed by atoms with Crippen LogP contribution in [0.1, 0.15) is 105 Å². The van der Waals surface area contributed by atoms with Gasteiger partial charge in [0.15, 0.2) is 0 Å². The van der Waals surface area contributed by atoms with Crippen LogP contribution >= 0.6 is 9.03 Å². The Bertz CT molecular complexity index is 1390. The van der Waals surface area contributed by atoms with Gasteiger partial charge in [-0.25, -0.2) is 0 Å². The maximum absolute atomic E-state index is 7.15. The first-order valence-electron chi connectivity index (χ1n) is 15.3. The van der Waals surface area contributed by atoms with Gasteiger partial charge in [-0.15, -0.1) is 0 Å². The standard InChI is InChI=1S/C40H50.H3O2P/c1-37(2,3)33-17-13-15-31(35(33)39(7,8)9)29-23-19-27(20-24-29)28-21-25-30(26-22-28)32-16-14-18-34(38(4,5)6)36(32)40(10,11)12;1-3-2/h13-26H,1-12H3;1-3H. The highest BCUT2D eigenvalue weighted by molar-refractivity contribution is 7.23. The minimum Gasteiger partial charge on any atom is -0.352 e. The third-order valence-corrected chi connectivity index (χ3v) is 7.97. The molecule has 0 aliphatic heterocycles. The summed E-state index contributed by atoms with van der Waals surface area (Å²) in [6.07, 6.45) is 0. The van der Waals surface area contributed by atoms with E-state index in [1.807, 2.05) is 0 Å². The molecule has 0 unspecified atom stereocenters. The second kappa shape index (κ2) is 13.1. The van der Waals surface area contributed by atoms with Gasteiger partial charge < -0.3 is 9.79 Å². The van der Waals surface area contributed by atoms with E-state index in [-0.39, 0.29) is 21.7 Å². The molecule has 2 nitrogen and oxygen atoms in total. The van der Waals surface area contributed by atoms with Gasteiger partial charge in [-0.3, -0.25) is 0 Å². The van der Waals surface area contributed by atoms with E-state index >= 15 is 0 Å². The highest BCUT2D eigenvalue weighted by atomic mass is 31.1. The summed E-state index contributed by atoms with van der Waals surface area (Å²) in [5, 5.41) is 0. The van der Waals surface area contributed by atoms with Crippen LogP contribution in [-0.2, 0) is 21.7 Å². The molecule has 0 aliphatic carbocycles. The Morgan fingerprint density at radius 1 is 0.372 bits per heavy atom. The number of benzene rings is 4. The van der Waals surface area contributed by atoms with Gasteiger partial charge in [0.2, 0.25) is 0 Å². The molecular formula is C40H53O2P. The molecular weight excluding hydrogens is 543 g/mol. The van der Waals surface area contributed by atoms with Gasteiger partial charge in [0.1, 0.15) is 9.03 Å². The summed E-state index contributed by atoms with van der Waals surface area (Å²) in [6.45, 7) is 27.9. The normalized spacial score (nSPS) is 12.5. The fourth-order valence-electron chi connectivity index (χ4n) is 6.14. The Kier molecular flexibility index (Phi) is 10.6. The summed E-state index contributed by atoms with van der Waals surface area (Å²) in [5.41, 5.74) is 13.8. The summed E-state index contributed by atoms with van der Waals surface area (Å²) >= 11 is 0. The molecule has 0 saturated heterocycles. The molecule has 43 heavy (non-hydrogen) atoms. The second-order valence-electron chi connectivity index (χ2n) is 15.7. The summed E-state index contributed by atoms with van der Waals surface area (Å²) in [6, 6.07) is 31.9. The van der Waals surface area contributed by atoms with Crippen LogP contribution in [0.2, 0.25) is 0 Å². The summed E-state index contributed by atoms with van der Waals surface area (Å²) in [4.78, 5) is 14.3. The van der Waals surface area contributed by atoms with E-state index in [4.69, 9.17) is 9.79 Å². The van der Waals surface area contributed by atoms with Gasteiger partial charge in [-0.2, -0.15) is 0 Å². The molecule has 0 aliphatic rings. The molecule has 0 aromatic heterocycles. The lowest BCUT2D eigenvalue weighted by Gasteiger charge is -2.32. The Morgan fingerprint density at radius 3 is 0.860 bits per heavy atom. The van der Waals surface area contributed by atoms with Crippen molar-refractivity contribution in [1.82, 2.24) is 0 Å². The number of rotatable bonds is 3. The third-order valence-electron chi connectivity index (χ3n) is 7.97. The number of hydrogen-bond donors (Lipinski definition) is 2. The van der Waals surface area contributed by atoms with Crippen molar-refractivity contribution < 1.29 is 9.79 Å². The predicted octanol–water partition coefficient (Wildman–Crippen LogP) is 11.4. The van der Waals surface area contributed by atoms with Gasteiger partial charge in [0, 0.05) is 0 Å². The van der Waals surface area contributed by atoms with Gasteiger partial charge >= 0.3 is 0 Å². The van der Waals surface area contributed by atoms with Crippen molar-refractivity contribution in [2.75, 3.05) is 0 Å². The fraction of sp³-hybridized carbons (Fsp3) is 0.400. The largest absolute Gasteiger partial charge is 0.352 e. The maximum atomic E-state index is 7.15. The molecule has 0 amide bonds. The highest BCUT2D eigenvalue weighted by Gasteiger charge is 2.29. The lowest BCUT2D eigenvalue weighted by atomic mass is 9.72. The molecule has 2 N–H and O–H groups in total. The Hall–Kier alpha value is -2.77. The molecule has 0 fully saturated rings. The SMILES string of the molecule is CC(C)(C)c1cccc(-c2ccc(-c3ccc(-c4cccc(C(C)(C)C)c4C(C)(C)C)cc3)cc2)c1C(C)(C)C.OPO. The zero-order chi connectivity index (χ0) is 32.4. The van der Waals surface area contributed by atoms with Crippen LogP contribution in [0.4, 0.5) is 0 Å². The fourth-order valence-corrected chi connectivity index (χ4v) is 6.14. The average Bonchev–Trinajstić information content (AvgIpc) is 2.91. The van der Waals surface area contributed by atoms with E-state index in [0.717, 1.165) is 0 Å². The lowest BCUT2D eigenvalue weighted by molar-refractivity contribution is 0.513. The van der Waals surface area contributed by atoms with E-state index < -0.39 is 9.03 Å². The lowest BCUT2D eigenvalue weighted by Crippen LogP contribution is -2.23. The molecule has 0 bridgehead atoms. The molecule has 230 valence electrons. The van der Waals surface area contributed by atoms with Crippen molar-refractivity contribution in [1.29, 1.82) is 0 Å². The molecule has 4 aromatic carbocycles. The van der Waals surface area contributed by atoms with Crippen molar-refractivity contribution in [2.24, 2.45) is 0 Å². The molecule has 3 heteroatoms. The van der Waals surface area contributed by atoms with E-state index in [0.29, 0.717) is 0 Å². The van der Waals surface area contributed by atoms with E-state index in [1.54, 1.807) is 0 Å². The smallest absolute Gasteiger partial charge is 0.149 e. The molecule has 4 aromatic rings. The van der Waals surface area contributed by atoms with Crippen molar-refractivity contribution in [3.8, 4) is 33.4 Å². The summed E-state index contributed by atoms with van der Waals surface area (Å²) in [5.74, 6) is 0. The molecule has 0 spiro atoms. The van der Waals surface area contributed by atoms with Crippen molar-refractivity contribution in [3.63, 3.8) is 0 Å². The van der Waals surface area contributed by atoms with Crippen LogP contribution in [0.25, 0.3) is 33.4 Å². The molecule has 0 radical (unpaired) electrons. The van der Waals surface area contributed by atoms with Crippen LogP contribution in [0.15, 0.2) is 84.9 Å². The van der Waals surface area contributed by atoms with Gasteiger partial charge in [-0.05, 0) is 77.3 Å². The first-order chi connectivity index (χ1) is 19.8. The van der Waals surface area contributed by atoms with Crippen LogP contribution in [0.3, 0.4) is 0 Å². The Balaban J connectivity index is 0.00000162. The Labute approximate surface area is 263 Å². The van der Waals surface area contributed by atoms with E-state index in [1.165, 1.54) is 55.6 Å². The van der Waals surface area contributed by atoms with Crippen molar-refractivity contribution >= 4 is 9.03 Å². The summed E-state index contributed by atoms with van der Waals surface area (Å²) < 4.78 is 0. The van der Waals surface area contributed by atoms with Crippen molar-refractivity contribution in [2.45, 2.75) is 105 Å². The third kappa shape index (κ3) is 8.24. The zero-order valence-electron chi connectivity index (χ0n) is 28.5. The molecule has 0 atom stereocenters. The quantitative estimate of drug-likeness (QED) is 0.231. The highest BCUT2D eigenvalue weighted by Crippen LogP contribution is 2.42. The van der Waals surface area contributed by atoms with E-state index in [9.17, 15) is 0 Å². The first kappa shape index (κ1) is 34.7. The minimum absolute atomic E-state index is 0.0594. The zero-order valence-corrected chi connectivity index (χ0v) is 29.5. The van der Waals surface area contributed by atoms with Crippen LogP contribution in [-0.4, -0.2) is 9.79 Å². The first-order valence-corrected chi connectivity index (χ1v) is 16.2. The minimum atomic E-state index is -0.917. The topological polar surface area (TPSA) is 40.5 Å². The van der Waals surface area contributed by atoms with Crippen LogP contribution in [0, 0.1) is 0 Å². The monoisotopic (exact) mass is 596 g/mol. The maximum Gasteiger partial charge on any atom is 0.149 e. The van der Waals surface area contributed by atoms with Gasteiger partial charge in [-0.1, -0.05) is 168 Å². The predicted molar refractivity (Wildman–Crippen MR) is 190 cm³/mol. The molecule has 0 saturated carbocycles. The molecule has 0 heterocycles. The van der Waals surface area contributed by atoms with E-state index in [2.05, 4.69) is 168 Å². The van der Waals surface area contributed by atoms with Crippen molar-refractivity contribution in [3.05, 3.63) is 107 Å². The van der Waals surface area contributed by atoms with Gasteiger partial charge in [0.25, 0.3) is 0 Å². The number of hydrogen-bond acceptors (Lipinski definition) is 2. The Morgan fingerprint density at radius 2 is 0.628 bits per heavy atom.